The summed E-state index contributed by atoms with van der Waals surface area (Å²) in [4.78, 5) is 26.4. The van der Waals surface area contributed by atoms with Gasteiger partial charge in [-0.25, -0.2) is 4.99 Å². The lowest BCUT2D eigenvalue weighted by molar-refractivity contribution is -0.135. The van der Waals surface area contributed by atoms with Crippen LogP contribution in [-0.4, -0.2) is 23.8 Å². The van der Waals surface area contributed by atoms with Gasteiger partial charge in [0, 0.05) is 0 Å². The first-order valence-electron chi connectivity index (χ1n) is 5.94. The van der Waals surface area contributed by atoms with Crippen LogP contribution in [0.3, 0.4) is 0 Å². The van der Waals surface area contributed by atoms with E-state index in [1.54, 1.807) is 0 Å². The highest BCUT2D eigenvalue weighted by molar-refractivity contribution is 6.45. The van der Waals surface area contributed by atoms with Gasteiger partial charge in [-0.15, -0.1) is 0 Å². The van der Waals surface area contributed by atoms with Gasteiger partial charge in [-0.3, -0.25) is 20.2 Å². The standard InChI is InChI=1S/C11H13N3O2/c15-9-10(16)14-11(13-9)12-8-6-4-1-2-5(3-4)7(6)8/h4-8H,1-3H2,(H2,12,13,14,15,16). The molecule has 0 radical (unpaired) electrons. The zero-order valence-corrected chi connectivity index (χ0v) is 8.77. The lowest BCUT2D eigenvalue weighted by atomic mass is 10.0. The minimum absolute atomic E-state index is 0.361. The van der Waals surface area contributed by atoms with Crippen LogP contribution in [0.1, 0.15) is 19.3 Å². The summed E-state index contributed by atoms with van der Waals surface area (Å²) in [6.45, 7) is 0. The second-order valence-corrected chi connectivity index (χ2v) is 5.36. The van der Waals surface area contributed by atoms with Crippen molar-refractivity contribution in [1.29, 1.82) is 0 Å². The summed E-state index contributed by atoms with van der Waals surface area (Å²) in [6.07, 6.45) is 4.09. The van der Waals surface area contributed by atoms with Gasteiger partial charge in [-0.05, 0) is 42.9 Å². The number of guanidine groups is 1. The second-order valence-electron chi connectivity index (χ2n) is 5.36. The first-order chi connectivity index (χ1) is 7.74. The predicted molar refractivity (Wildman–Crippen MR) is 55.3 cm³/mol. The van der Waals surface area contributed by atoms with Crippen molar-refractivity contribution in [2.24, 2.45) is 28.7 Å². The highest BCUT2D eigenvalue weighted by atomic mass is 16.2. The molecule has 4 aliphatic rings. The summed E-state index contributed by atoms with van der Waals surface area (Å²) in [6, 6.07) is 0.361. The average Bonchev–Trinajstić information content (AvgIpc) is 2.64. The minimum atomic E-state index is -0.590. The predicted octanol–water partition coefficient (Wildman–Crippen LogP) is -0.367. The van der Waals surface area contributed by atoms with E-state index in [0.29, 0.717) is 12.0 Å². The fourth-order valence-corrected chi connectivity index (χ4v) is 4.03. The normalized spacial score (nSPS) is 47.8. The number of hydrogen-bond acceptors (Lipinski definition) is 3. The summed E-state index contributed by atoms with van der Waals surface area (Å²) >= 11 is 0. The molecule has 3 saturated carbocycles. The maximum absolute atomic E-state index is 11.0. The molecule has 1 saturated heterocycles. The maximum atomic E-state index is 11.0. The van der Waals surface area contributed by atoms with Gasteiger partial charge in [0.2, 0.25) is 5.96 Å². The van der Waals surface area contributed by atoms with E-state index >= 15 is 0 Å². The molecule has 2 amide bonds. The van der Waals surface area contributed by atoms with E-state index in [0.717, 1.165) is 23.7 Å². The molecule has 0 aromatic heterocycles. The second kappa shape index (κ2) is 2.64. The number of amides is 2. The molecule has 4 unspecified atom stereocenters. The van der Waals surface area contributed by atoms with Crippen LogP contribution in [0.5, 0.6) is 0 Å². The monoisotopic (exact) mass is 219 g/mol. The molecule has 4 rings (SSSR count). The van der Waals surface area contributed by atoms with Crippen molar-refractivity contribution in [1.82, 2.24) is 10.6 Å². The van der Waals surface area contributed by atoms with E-state index in [1.807, 2.05) is 0 Å². The zero-order valence-electron chi connectivity index (χ0n) is 8.77. The summed E-state index contributed by atoms with van der Waals surface area (Å²) in [5, 5.41) is 4.93. The molecule has 5 heteroatoms. The number of carbonyl (C=O) groups is 2. The molecule has 1 heterocycles. The molecule has 4 fully saturated rings. The molecule has 16 heavy (non-hydrogen) atoms. The number of nitrogens with one attached hydrogen (secondary N) is 2. The van der Waals surface area contributed by atoms with Gasteiger partial charge >= 0.3 is 11.8 Å². The van der Waals surface area contributed by atoms with Crippen LogP contribution in [0.25, 0.3) is 0 Å². The van der Waals surface area contributed by atoms with E-state index < -0.39 is 11.8 Å². The summed E-state index contributed by atoms with van der Waals surface area (Å²) in [5.74, 6) is 2.38. The van der Waals surface area contributed by atoms with E-state index in [1.165, 1.54) is 19.3 Å². The summed E-state index contributed by atoms with van der Waals surface area (Å²) < 4.78 is 0. The topological polar surface area (TPSA) is 70.6 Å². The maximum Gasteiger partial charge on any atom is 0.316 e. The highest BCUT2D eigenvalue weighted by Crippen LogP contribution is 2.66. The van der Waals surface area contributed by atoms with Crippen molar-refractivity contribution in [2.45, 2.75) is 25.3 Å². The number of fused-ring (bicyclic) bond motifs is 5. The largest absolute Gasteiger partial charge is 0.316 e. The van der Waals surface area contributed by atoms with Crippen molar-refractivity contribution in [3.63, 3.8) is 0 Å². The number of aliphatic imine (C=N–C) groups is 1. The Morgan fingerprint density at radius 2 is 1.56 bits per heavy atom. The van der Waals surface area contributed by atoms with Gasteiger partial charge in [0.25, 0.3) is 0 Å². The average molecular weight is 219 g/mol. The molecule has 5 nitrogen and oxygen atoms in total. The third kappa shape index (κ3) is 0.982. The SMILES string of the molecule is O=C1NC(=NC2C3C4CCC(C4)C23)NC1=O. The summed E-state index contributed by atoms with van der Waals surface area (Å²) in [7, 11) is 0. The first kappa shape index (κ1) is 8.73. The van der Waals surface area contributed by atoms with Gasteiger partial charge in [0.05, 0.1) is 6.04 Å². The lowest BCUT2D eigenvalue weighted by Gasteiger charge is -2.05. The molecule has 0 spiro atoms. The Hall–Kier alpha value is -1.39. The van der Waals surface area contributed by atoms with E-state index in [2.05, 4.69) is 15.6 Å². The Labute approximate surface area is 92.7 Å². The van der Waals surface area contributed by atoms with E-state index in [9.17, 15) is 9.59 Å². The summed E-state index contributed by atoms with van der Waals surface area (Å²) in [5.41, 5.74) is 0. The van der Waals surface area contributed by atoms with E-state index in [4.69, 9.17) is 0 Å². The molecule has 1 aliphatic heterocycles. The fourth-order valence-electron chi connectivity index (χ4n) is 4.03. The molecule has 3 aliphatic carbocycles. The van der Waals surface area contributed by atoms with Gasteiger partial charge in [0.1, 0.15) is 0 Å². The Balaban J connectivity index is 1.53. The van der Waals surface area contributed by atoms with Gasteiger partial charge in [0.15, 0.2) is 0 Å². The van der Waals surface area contributed by atoms with Crippen LogP contribution in [0.15, 0.2) is 4.99 Å². The number of nitrogens with zero attached hydrogens (tertiary/aromatic N) is 1. The molecule has 4 atom stereocenters. The molecule has 84 valence electrons. The first-order valence-corrected chi connectivity index (χ1v) is 5.94. The van der Waals surface area contributed by atoms with Crippen molar-refractivity contribution in [2.75, 3.05) is 0 Å². The molecule has 0 aromatic rings. The lowest BCUT2D eigenvalue weighted by Crippen LogP contribution is -2.26. The number of hydrogen-bond donors (Lipinski definition) is 2. The Bertz CT molecular complexity index is 397. The molecule has 0 aromatic carbocycles. The van der Waals surface area contributed by atoms with Crippen LogP contribution < -0.4 is 10.6 Å². The van der Waals surface area contributed by atoms with Gasteiger partial charge in [-0.1, -0.05) is 0 Å². The smallest absolute Gasteiger partial charge is 0.288 e. The molecule has 2 N–H and O–H groups in total. The van der Waals surface area contributed by atoms with Gasteiger partial charge < -0.3 is 0 Å². The van der Waals surface area contributed by atoms with Crippen LogP contribution in [-0.2, 0) is 9.59 Å². The van der Waals surface area contributed by atoms with Crippen molar-refractivity contribution in [3.8, 4) is 0 Å². The van der Waals surface area contributed by atoms with Crippen LogP contribution >= 0.6 is 0 Å². The molecular formula is C11H13N3O2. The minimum Gasteiger partial charge on any atom is -0.288 e. The molecular weight excluding hydrogens is 206 g/mol. The zero-order chi connectivity index (χ0) is 10.9. The van der Waals surface area contributed by atoms with Crippen molar-refractivity contribution < 1.29 is 9.59 Å². The highest BCUT2D eigenvalue weighted by Gasteiger charge is 2.65. The quantitative estimate of drug-likeness (QED) is 0.591. The Kier molecular flexibility index (Phi) is 1.44. The third-order valence-electron chi connectivity index (χ3n) is 4.64. The Morgan fingerprint density at radius 3 is 2.12 bits per heavy atom. The van der Waals surface area contributed by atoms with Crippen LogP contribution in [0.4, 0.5) is 0 Å². The van der Waals surface area contributed by atoms with Gasteiger partial charge in [-0.2, -0.15) is 0 Å². The number of carbonyl (C=O) groups excluding carboxylic acids is 2. The van der Waals surface area contributed by atoms with Crippen LogP contribution in [0, 0.1) is 23.7 Å². The van der Waals surface area contributed by atoms with Crippen molar-refractivity contribution in [3.05, 3.63) is 0 Å². The Morgan fingerprint density at radius 1 is 1.00 bits per heavy atom. The van der Waals surface area contributed by atoms with Crippen molar-refractivity contribution >= 4 is 17.8 Å². The molecule has 2 bridgehead atoms. The fraction of sp³-hybridized carbons (Fsp3) is 0.727. The van der Waals surface area contributed by atoms with Crippen LogP contribution in [0.2, 0.25) is 0 Å². The third-order valence-corrected chi connectivity index (χ3v) is 4.64. The van der Waals surface area contributed by atoms with E-state index in [-0.39, 0.29) is 0 Å². The number of rotatable bonds is 1.